The topological polar surface area (TPSA) is 63.9 Å². The molecule has 27 heavy (non-hydrogen) atoms. The standard InChI is InChI=1S/C19H22ClN5O2/c20-16-13-15(14-21-19-22-18-3-1-2-6-25(18)23-19)4-5-17(16)27-12-9-24-7-10-26-11-8-24/h1-6,13H,7-12,14H2,(H,21,23). The van der Waals surface area contributed by atoms with Crippen LogP contribution < -0.4 is 10.1 Å². The number of fused-ring (bicyclic) bond motifs is 1. The lowest BCUT2D eigenvalue weighted by atomic mass is 10.2. The maximum absolute atomic E-state index is 6.38. The average Bonchev–Trinajstić information content (AvgIpc) is 3.12. The number of pyridine rings is 1. The van der Waals surface area contributed by atoms with Crippen molar-refractivity contribution < 1.29 is 9.47 Å². The van der Waals surface area contributed by atoms with E-state index in [-0.39, 0.29) is 0 Å². The zero-order chi connectivity index (χ0) is 18.5. The van der Waals surface area contributed by atoms with Gasteiger partial charge in [-0.15, -0.1) is 5.10 Å². The molecule has 3 aromatic rings. The fraction of sp³-hybridized carbons (Fsp3) is 0.368. The highest BCUT2D eigenvalue weighted by Crippen LogP contribution is 2.25. The van der Waals surface area contributed by atoms with Crippen LogP contribution in [0.1, 0.15) is 5.56 Å². The predicted octanol–water partition coefficient (Wildman–Crippen LogP) is 2.71. The van der Waals surface area contributed by atoms with Crippen LogP contribution in [0, 0.1) is 0 Å². The van der Waals surface area contributed by atoms with E-state index in [1.807, 2.05) is 42.6 Å². The van der Waals surface area contributed by atoms with Crippen molar-refractivity contribution in [3.8, 4) is 5.75 Å². The van der Waals surface area contributed by atoms with Gasteiger partial charge in [0.15, 0.2) is 5.65 Å². The number of rotatable bonds is 7. The molecule has 1 N–H and O–H groups in total. The highest BCUT2D eigenvalue weighted by Gasteiger charge is 2.11. The first kappa shape index (κ1) is 18.0. The van der Waals surface area contributed by atoms with Gasteiger partial charge < -0.3 is 14.8 Å². The second-order valence-corrected chi connectivity index (χ2v) is 6.77. The van der Waals surface area contributed by atoms with Crippen molar-refractivity contribution in [3.05, 3.63) is 53.2 Å². The SMILES string of the molecule is Clc1cc(CNc2nc3ccccn3n2)ccc1OCCN1CCOCC1. The number of halogens is 1. The third-order valence-electron chi connectivity index (χ3n) is 4.46. The first-order valence-corrected chi connectivity index (χ1v) is 9.42. The molecule has 2 aromatic heterocycles. The van der Waals surface area contributed by atoms with Gasteiger partial charge in [-0.3, -0.25) is 4.90 Å². The van der Waals surface area contributed by atoms with Gasteiger partial charge in [0.1, 0.15) is 12.4 Å². The Labute approximate surface area is 162 Å². The monoisotopic (exact) mass is 387 g/mol. The Balaban J connectivity index is 1.29. The summed E-state index contributed by atoms with van der Waals surface area (Å²) >= 11 is 6.38. The van der Waals surface area contributed by atoms with E-state index in [2.05, 4.69) is 20.3 Å². The third-order valence-corrected chi connectivity index (χ3v) is 4.75. The number of nitrogens with zero attached hydrogens (tertiary/aromatic N) is 4. The minimum Gasteiger partial charge on any atom is -0.491 e. The van der Waals surface area contributed by atoms with E-state index in [0.717, 1.165) is 44.1 Å². The number of morpholine rings is 1. The van der Waals surface area contributed by atoms with E-state index in [4.69, 9.17) is 21.1 Å². The van der Waals surface area contributed by atoms with Crippen molar-refractivity contribution in [2.45, 2.75) is 6.54 Å². The molecule has 3 heterocycles. The van der Waals surface area contributed by atoms with Gasteiger partial charge in [0.25, 0.3) is 0 Å². The van der Waals surface area contributed by atoms with E-state index in [0.29, 0.717) is 29.9 Å². The molecule has 0 amide bonds. The molecule has 8 heteroatoms. The number of anilines is 1. The molecule has 0 aliphatic carbocycles. The first-order valence-electron chi connectivity index (χ1n) is 9.04. The largest absolute Gasteiger partial charge is 0.491 e. The van der Waals surface area contributed by atoms with Crippen molar-refractivity contribution in [1.29, 1.82) is 0 Å². The lowest BCUT2D eigenvalue weighted by molar-refractivity contribution is 0.0322. The van der Waals surface area contributed by atoms with Crippen LogP contribution in [0.5, 0.6) is 5.75 Å². The van der Waals surface area contributed by atoms with Crippen LogP contribution in [-0.2, 0) is 11.3 Å². The van der Waals surface area contributed by atoms with Crippen LogP contribution in [0.2, 0.25) is 5.02 Å². The van der Waals surface area contributed by atoms with Crippen LogP contribution in [-0.4, -0.2) is 59.0 Å². The maximum atomic E-state index is 6.38. The molecular formula is C19H22ClN5O2. The highest BCUT2D eigenvalue weighted by molar-refractivity contribution is 6.32. The molecule has 4 rings (SSSR count). The molecule has 0 saturated carbocycles. The fourth-order valence-electron chi connectivity index (χ4n) is 2.97. The third kappa shape index (κ3) is 4.68. The molecule has 1 aliphatic heterocycles. The van der Waals surface area contributed by atoms with Crippen molar-refractivity contribution >= 4 is 23.2 Å². The Bertz CT molecular complexity index is 862. The summed E-state index contributed by atoms with van der Waals surface area (Å²) < 4.78 is 12.9. The number of hydrogen-bond acceptors (Lipinski definition) is 6. The summed E-state index contributed by atoms with van der Waals surface area (Å²) in [6.45, 7) is 5.58. The van der Waals surface area contributed by atoms with Gasteiger partial charge in [0, 0.05) is 32.4 Å². The molecule has 0 bridgehead atoms. The van der Waals surface area contributed by atoms with Crippen molar-refractivity contribution in [2.24, 2.45) is 0 Å². The van der Waals surface area contributed by atoms with Crippen LogP contribution in [0.4, 0.5) is 5.95 Å². The van der Waals surface area contributed by atoms with E-state index in [1.54, 1.807) is 4.52 Å². The van der Waals surface area contributed by atoms with Crippen LogP contribution >= 0.6 is 11.6 Å². The van der Waals surface area contributed by atoms with Crippen molar-refractivity contribution in [1.82, 2.24) is 19.5 Å². The van der Waals surface area contributed by atoms with E-state index >= 15 is 0 Å². The summed E-state index contributed by atoms with van der Waals surface area (Å²) in [7, 11) is 0. The Morgan fingerprint density at radius 2 is 2.07 bits per heavy atom. The molecular weight excluding hydrogens is 366 g/mol. The van der Waals surface area contributed by atoms with Gasteiger partial charge in [0.05, 0.1) is 18.2 Å². The van der Waals surface area contributed by atoms with E-state index in [1.165, 1.54) is 0 Å². The molecule has 142 valence electrons. The lowest BCUT2D eigenvalue weighted by Gasteiger charge is -2.26. The smallest absolute Gasteiger partial charge is 0.243 e. The number of benzene rings is 1. The Morgan fingerprint density at radius 3 is 2.89 bits per heavy atom. The van der Waals surface area contributed by atoms with Crippen molar-refractivity contribution in [3.63, 3.8) is 0 Å². The molecule has 0 radical (unpaired) electrons. The van der Waals surface area contributed by atoms with E-state index < -0.39 is 0 Å². The summed E-state index contributed by atoms with van der Waals surface area (Å²) in [6.07, 6.45) is 1.87. The number of ether oxygens (including phenoxy) is 2. The van der Waals surface area contributed by atoms with Crippen LogP contribution in [0.25, 0.3) is 5.65 Å². The molecule has 1 fully saturated rings. The van der Waals surface area contributed by atoms with E-state index in [9.17, 15) is 0 Å². The number of nitrogens with one attached hydrogen (secondary N) is 1. The number of aromatic nitrogens is 3. The second kappa shape index (κ2) is 8.56. The summed E-state index contributed by atoms with van der Waals surface area (Å²) in [4.78, 5) is 6.75. The first-order chi connectivity index (χ1) is 13.3. The normalized spacial score (nSPS) is 15.1. The van der Waals surface area contributed by atoms with Crippen LogP contribution in [0.3, 0.4) is 0 Å². The summed E-state index contributed by atoms with van der Waals surface area (Å²) in [5, 5.41) is 8.21. The highest BCUT2D eigenvalue weighted by atomic mass is 35.5. The minimum atomic E-state index is 0.586. The fourth-order valence-corrected chi connectivity index (χ4v) is 3.23. The quantitative estimate of drug-likeness (QED) is 0.672. The Hall–Kier alpha value is -2.35. The van der Waals surface area contributed by atoms with Gasteiger partial charge >= 0.3 is 0 Å². The summed E-state index contributed by atoms with van der Waals surface area (Å²) in [5.74, 6) is 1.29. The maximum Gasteiger partial charge on any atom is 0.243 e. The Morgan fingerprint density at radius 1 is 1.19 bits per heavy atom. The minimum absolute atomic E-state index is 0.586. The van der Waals surface area contributed by atoms with Gasteiger partial charge in [0.2, 0.25) is 5.95 Å². The molecule has 0 atom stereocenters. The van der Waals surface area contributed by atoms with Gasteiger partial charge in [-0.25, -0.2) is 4.52 Å². The average molecular weight is 388 g/mol. The molecule has 7 nitrogen and oxygen atoms in total. The molecule has 1 aromatic carbocycles. The Kier molecular flexibility index (Phi) is 5.72. The second-order valence-electron chi connectivity index (χ2n) is 6.36. The predicted molar refractivity (Wildman–Crippen MR) is 105 cm³/mol. The molecule has 1 saturated heterocycles. The summed E-state index contributed by atoms with van der Waals surface area (Å²) in [5.41, 5.74) is 1.85. The van der Waals surface area contributed by atoms with Gasteiger partial charge in [-0.1, -0.05) is 23.7 Å². The van der Waals surface area contributed by atoms with Gasteiger partial charge in [-0.2, -0.15) is 4.98 Å². The summed E-state index contributed by atoms with van der Waals surface area (Å²) in [6, 6.07) is 11.6. The zero-order valence-electron chi connectivity index (χ0n) is 15.0. The number of hydrogen-bond donors (Lipinski definition) is 1. The van der Waals surface area contributed by atoms with Gasteiger partial charge in [-0.05, 0) is 29.8 Å². The molecule has 0 spiro atoms. The van der Waals surface area contributed by atoms with Crippen LogP contribution in [0.15, 0.2) is 42.6 Å². The molecule has 1 aliphatic rings. The lowest BCUT2D eigenvalue weighted by Crippen LogP contribution is -2.38. The van der Waals surface area contributed by atoms with Crippen molar-refractivity contribution in [2.75, 3.05) is 44.8 Å². The zero-order valence-corrected chi connectivity index (χ0v) is 15.7. The molecule has 0 unspecified atom stereocenters.